The standard InChI is InChI=1S/C34H39F2N3O4/c1-4-18-37-24-38-25(3)22-26-6-12-30(13-7-26)39-33(40)17-11-29-23-28(10-16-32(29)43-34(35)36)27-8-14-31(15-9-27)42-21-20-41-19-5-2/h6-17,22-24,34H,4-5,18-21H2,1-3H3,(H,37,38)(H,39,40)/b17-11+,25-22+. The third kappa shape index (κ3) is 12.1. The van der Waals surface area contributed by atoms with Crippen LogP contribution < -0.4 is 20.1 Å². The van der Waals surface area contributed by atoms with E-state index in [1.807, 2.05) is 56.3 Å². The lowest BCUT2D eigenvalue weighted by molar-refractivity contribution is -0.111. The van der Waals surface area contributed by atoms with E-state index in [1.54, 1.807) is 30.6 Å². The number of ether oxygens (including phenoxy) is 3. The van der Waals surface area contributed by atoms with E-state index in [-0.39, 0.29) is 5.75 Å². The molecule has 2 N–H and O–H groups in total. The van der Waals surface area contributed by atoms with Gasteiger partial charge < -0.3 is 24.8 Å². The molecular weight excluding hydrogens is 552 g/mol. The third-order valence-electron chi connectivity index (χ3n) is 5.98. The molecule has 0 saturated heterocycles. The topological polar surface area (TPSA) is 81.2 Å². The van der Waals surface area contributed by atoms with Gasteiger partial charge in [0.05, 0.1) is 12.9 Å². The first kappa shape index (κ1) is 33.0. The third-order valence-corrected chi connectivity index (χ3v) is 5.98. The number of anilines is 1. The SMILES string of the molecule is CCCN/C=N\C(C)=C\c1ccc(NC(=O)/C=C/c2cc(-c3ccc(OCCOCCC)cc3)ccc2OC(F)F)cc1. The lowest BCUT2D eigenvalue weighted by atomic mass is 10.0. The van der Waals surface area contributed by atoms with Crippen molar-refractivity contribution in [1.29, 1.82) is 0 Å². The Morgan fingerprint density at radius 1 is 0.930 bits per heavy atom. The van der Waals surface area contributed by atoms with Crippen LogP contribution in [0.25, 0.3) is 23.3 Å². The van der Waals surface area contributed by atoms with Gasteiger partial charge in [-0.1, -0.05) is 44.2 Å². The van der Waals surface area contributed by atoms with Crippen molar-refractivity contribution >= 4 is 30.1 Å². The van der Waals surface area contributed by atoms with Crippen LogP contribution in [0.15, 0.2) is 83.5 Å². The fourth-order valence-corrected chi connectivity index (χ4v) is 3.92. The van der Waals surface area contributed by atoms with Crippen LogP contribution in [0, 0.1) is 0 Å². The predicted molar refractivity (Wildman–Crippen MR) is 170 cm³/mol. The average molecular weight is 592 g/mol. The molecule has 0 saturated carbocycles. The fraction of sp³-hybridized carbons (Fsp3) is 0.294. The molecule has 0 bridgehead atoms. The summed E-state index contributed by atoms with van der Waals surface area (Å²) in [5.74, 6) is 0.253. The van der Waals surface area contributed by atoms with Crippen molar-refractivity contribution in [3.8, 4) is 22.6 Å². The Labute approximate surface area is 252 Å². The Morgan fingerprint density at radius 3 is 2.37 bits per heavy atom. The van der Waals surface area contributed by atoms with Crippen LogP contribution in [-0.4, -0.2) is 45.2 Å². The number of aliphatic imine (C=N–C) groups is 1. The zero-order valence-corrected chi connectivity index (χ0v) is 24.8. The Kier molecular flexibility index (Phi) is 13.9. The van der Waals surface area contributed by atoms with E-state index in [9.17, 15) is 13.6 Å². The van der Waals surface area contributed by atoms with E-state index < -0.39 is 12.5 Å². The van der Waals surface area contributed by atoms with Gasteiger partial charge in [0.15, 0.2) is 0 Å². The van der Waals surface area contributed by atoms with Gasteiger partial charge in [0, 0.05) is 36.2 Å². The van der Waals surface area contributed by atoms with Gasteiger partial charge in [-0.15, -0.1) is 0 Å². The van der Waals surface area contributed by atoms with E-state index in [4.69, 9.17) is 14.2 Å². The largest absolute Gasteiger partial charge is 0.491 e. The van der Waals surface area contributed by atoms with Gasteiger partial charge in [0.2, 0.25) is 5.91 Å². The molecule has 0 heterocycles. The molecule has 9 heteroatoms. The minimum absolute atomic E-state index is 0.0334. The van der Waals surface area contributed by atoms with Crippen molar-refractivity contribution in [2.24, 2.45) is 4.99 Å². The number of nitrogens with zero attached hydrogens (tertiary/aromatic N) is 1. The number of carbonyl (C=O) groups is 1. The molecule has 0 spiro atoms. The fourth-order valence-electron chi connectivity index (χ4n) is 3.92. The highest BCUT2D eigenvalue weighted by atomic mass is 19.3. The number of amides is 1. The molecule has 0 unspecified atom stereocenters. The number of halogens is 2. The Balaban J connectivity index is 1.66. The Hall–Kier alpha value is -4.50. The summed E-state index contributed by atoms with van der Waals surface area (Å²) >= 11 is 0. The molecule has 3 rings (SSSR count). The van der Waals surface area contributed by atoms with Crippen LogP contribution in [0.4, 0.5) is 14.5 Å². The van der Waals surface area contributed by atoms with Crippen molar-refractivity contribution in [2.75, 3.05) is 31.7 Å². The smallest absolute Gasteiger partial charge is 0.387 e. The van der Waals surface area contributed by atoms with E-state index in [0.29, 0.717) is 36.8 Å². The molecule has 0 aromatic heterocycles. The minimum atomic E-state index is -3.00. The van der Waals surface area contributed by atoms with Crippen LogP contribution in [0.2, 0.25) is 0 Å². The molecule has 228 valence electrons. The molecule has 0 radical (unpaired) electrons. The summed E-state index contributed by atoms with van der Waals surface area (Å²) in [6.45, 7) is 5.56. The number of benzene rings is 3. The molecule has 43 heavy (non-hydrogen) atoms. The lowest BCUT2D eigenvalue weighted by Gasteiger charge is -2.11. The molecular formula is C34H39F2N3O4. The highest BCUT2D eigenvalue weighted by Gasteiger charge is 2.11. The normalized spacial score (nSPS) is 11.8. The molecule has 7 nitrogen and oxygen atoms in total. The molecule has 0 aliphatic carbocycles. The number of alkyl halides is 2. The van der Waals surface area contributed by atoms with Crippen LogP contribution >= 0.6 is 0 Å². The van der Waals surface area contributed by atoms with Crippen LogP contribution in [0.5, 0.6) is 11.5 Å². The summed E-state index contributed by atoms with van der Waals surface area (Å²) in [6, 6.07) is 19.6. The zero-order chi connectivity index (χ0) is 30.9. The van der Waals surface area contributed by atoms with Crippen LogP contribution in [0.1, 0.15) is 44.7 Å². The van der Waals surface area contributed by atoms with Crippen LogP contribution in [0.3, 0.4) is 0 Å². The van der Waals surface area contributed by atoms with Gasteiger partial charge >= 0.3 is 6.61 Å². The van der Waals surface area contributed by atoms with Gasteiger partial charge in [-0.05, 0) is 85.0 Å². The maximum absolute atomic E-state index is 13.1. The Bertz CT molecular complexity index is 1370. The highest BCUT2D eigenvalue weighted by Crippen LogP contribution is 2.30. The first-order valence-electron chi connectivity index (χ1n) is 14.3. The monoisotopic (exact) mass is 591 g/mol. The van der Waals surface area contributed by atoms with Crippen molar-refractivity contribution in [1.82, 2.24) is 5.32 Å². The predicted octanol–water partition coefficient (Wildman–Crippen LogP) is 7.80. The van der Waals surface area contributed by atoms with E-state index in [2.05, 4.69) is 22.5 Å². The second kappa shape index (κ2) is 18.1. The van der Waals surface area contributed by atoms with Crippen molar-refractivity contribution < 1.29 is 27.8 Å². The zero-order valence-electron chi connectivity index (χ0n) is 24.8. The molecule has 3 aromatic carbocycles. The Morgan fingerprint density at radius 2 is 1.67 bits per heavy atom. The quantitative estimate of drug-likeness (QED) is 0.0725. The minimum Gasteiger partial charge on any atom is -0.491 e. The molecule has 0 fully saturated rings. The number of rotatable bonds is 17. The number of nitrogens with one attached hydrogen (secondary N) is 2. The maximum atomic E-state index is 13.1. The number of allylic oxidation sites excluding steroid dienone is 1. The van der Waals surface area contributed by atoms with Gasteiger partial charge in [0.25, 0.3) is 0 Å². The summed E-state index contributed by atoms with van der Waals surface area (Å²) in [7, 11) is 0. The van der Waals surface area contributed by atoms with Gasteiger partial charge in [-0.2, -0.15) is 8.78 Å². The average Bonchev–Trinajstić information content (AvgIpc) is 3.00. The second-order valence-electron chi connectivity index (χ2n) is 9.56. The van der Waals surface area contributed by atoms with Gasteiger partial charge in [-0.25, -0.2) is 4.99 Å². The van der Waals surface area contributed by atoms with Crippen LogP contribution in [-0.2, 0) is 9.53 Å². The van der Waals surface area contributed by atoms with Crippen molar-refractivity contribution in [2.45, 2.75) is 40.2 Å². The van der Waals surface area contributed by atoms with Crippen molar-refractivity contribution in [3.05, 3.63) is 89.6 Å². The highest BCUT2D eigenvalue weighted by molar-refractivity contribution is 6.02. The van der Waals surface area contributed by atoms with Crippen molar-refractivity contribution in [3.63, 3.8) is 0 Å². The molecule has 3 aromatic rings. The molecule has 0 aliphatic heterocycles. The molecule has 0 atom stereocenters. The number of hydrogen-bond acceptors (Lipinski definition) is 5. The molecule has 0 aliphatic rings. The van der Waals surface area contributed by atoms with E-state index in [0.717, 1.165) is 41.8 Å². The van der Waals surface area contributed by atoms with Gasteiger partial charge in [0.1, 0.15) is 18.1 Å². The summed E-state index contributed by atoms with van der Waals surface area (Å²) in [5, 5.41) is 5.89. The first-order valence-corrected chi connectivity index (χ1v) is 14.3. The summed E-state index contributed by atoms with van der Waals surface area (Å²) in [4.78, 5) is 17.0. The summed E-state index contributed by atoms with van der Waals surface area (Å²) in [6.07, 6.45) is 8.33. The molecule has 1 amide bonds. The first-order chi connectivity index (χ1) is 20.9. The number of carbonyl (C=O) groups excluding carboxylic acids is 1. The maximum Gasteiger partial charge on any atom is 0.387 e. The van der Waals surface area contributed by atoms with E-state index >= 15 is 0 Å². The lowest BCUT2D eigenvalue weighted by Crippen LogP contribution is -2.11. The van der Waals surface area contributed by atoms with Gasteiger partial charge in [-0.3, -0.25) is 4.79 Å². The number of hydrogen-bond donors (Lipinski definition) is 2. The summed E-state index contributed by atoms with van der Waals surface area (Å²) < 4.78 is 41.9. The second-order valence-corrected chi connectivity index (χ2v) is 9.56. The summed E-state index contributed by atoms with van der Waals surface area (Å²) in [5.41, 5.74) is 4.32. The van der Waals surface area contributed by atoms with E-state index in [1.165, 1.54) is 18.2 Å².